The molecule has 0 bridgehead atoms. The number of hydrogen-bond acceptors (Lipinski definition) is 9. The number of aromatic nitrogens is 1. The summed E-state index contributed by atoms with van der Waals surface area (Å²) in [4.78, 5) is 42.5. The van der Waals surface area contributed by atoms with Crippen LogP contribution in [0.25, 0.3) is 0 Å². The van der Waals surface area contributed by atoms with Crippen LogP contribution in [0.2, 0.25) is 0 Å². The number of ether oxygens (including phenoxy) is 4. The van der Waals surface area contributed by atoms with Crippen LogP contribution in [0.4, 0.5) is 14.5 Å². The van der Waals surface area contributed by atoms with E-state index in [4.69, 9.17) is 18.9 Å². The van der Waals surface area contributed by atoms with E-state index in [2.05, 4.69) is 10.3 Å². The van der Waals surface area contributed by atoms with Crippen molar-refractivity contribution >= 4 is 17.6 Å². The van der Waals surface area contributed by atoms with Crippen molar-refractivity contribution in [1.29, 1.82) is 0 Å². The average molecular weight is 731 g/mol. The van der Waals surface area contributed by atoms with Crippen LogP contribution in [0.1, 0.15) is 40.7 Å². The molecule has 234 valence electrons. The van der Waals surface area contributed by atoms with Crippen molar-refractivity contribution in [3.05, 3.63) is 100 Å². The predicted octanol–water partition coefficient (Wildman–Crippen LogP) is -0.549. The number of carbonyl (C=O) groups is 2. The summed E-state index contributed by atoms with van der Waals surface area (Å²) < 4.78 is 56.1. The van der Waals surface area contributed by atoms with E-state index in [9.17, 15) is 18.8 Å². The van der Waals surface area contributed by atoms with Crippen molar-refractivity contribution in [2.45, 2.75) is 31.5 Å². The van der Waals surface area contributed by atoms with E-state index in [-0.39, 0.29) is 31.2 Å². The summed E-state index contributed by atoms with van der Waals surface area (Å²) in [6.45, 7) is 3.24. The number of cyclic esters (lactones) is 1. The van der Waals surface area contributed by atoms with Gasteiger partial charge in [-0.3, -0.25) is 0 Å². The molecule has 0 radical (unpaired) electrons. The minimum atomic E-state index is -1.13. The van der Waals surface area contributed by atoms with Crippen molar-refractivity contribution in [2.24, 2.45) is 0 Å². The van der Waals surface area contributed by atoms with Gasteiger partial charge in [-0.1, -0.05) is 0 Å². The van der Waals surface area contributed by atoms with E-state index < -0.39 is 74.7 Å². The van der Waals surface area contributed by atoms with Crippen LogP contribution in [0.3, 0.4) is 0 Å². The van der Waals surface area contributed by atoms with Gasteiger partial charge in [-0.25, -0.2) is 4.79 Å². The van der Waals surface area contributed by atoms with Crippen LogP contribution in [0.5, 0.6) is 5.75 Å². The molecule has 11 nitrogen and oxygen atoms in total. The number of hydrogen-bond donors (Lipinski definition) is 1. The van der Waals surface area contributed by atoms with Gasteiger partial charge in [0, 0.05) is 0 Å². The molecule has 4 atom stereocenters. The molecule has 5 aliphatic heterocycles. The molecule has 5 aliphatic rings. The molecule has 3 aromatic rings. The zero-order chi connectivity index (χ0) is 31.0. The summed E-state index contributed by atoms with van der Waals surface area (Å²) >= 11 is -1.02. The van der Waals surface area contributed by atoms with E-state index >= 15 is 4.39 Å². The van der Waals surface area contributed by atoms with Gasteiger partial charge in [0.05, 0.1) is 0 Å². The first-order valence-electron chi connectivity index (χ1n) is 14.4. The van der Waals surface area contributed by atoms with E-state index in [0.717, 1.165) is 18.4 Å². The molecule has 2 saturated heterocycles. The topological polar surface area (TPSA) is 112 Å². The van der Waals surface area contributed by atoms with Gasteiger partial charge in [-0.05, 0) is 6.92 Å². The summed E-state index contributed by atoms with van der Waals surface area (Å²) in [5.41, 5.74) is 5.22. The van der Waals surface area contributed by atoms with Crippen molar-refractivity contribution in [1.82, 2.24) is 9.58 Å². The SMILES string of the molecule is CC1=CC(Oc2c3n(ccc2=O)N[C@@H]2C(c4cccc5c4[I-]c4ccc(F)c(F)c4C4COCCN54)OCCN2C3=O)OC1=O. The summed E-state index contributed by atoms with van der Waals surface area (Å²) in [5, 5.41) is 0. The Morgan fingerprint density at radius 1 is 1.04 bits per heavy atom. The number of amides is 1. The fourth-order valence-electron chi connectivity index (χ4n) is 6.44. The Labute approximate surface area is 265 Å². The maximum absolute atomic E-state index is 15.4. The Balaban J connectivity index is 1.19. The molecule has 0 spiro atoms. The molecular formula is C31H26F2IN4O7-. The van der Waals surface area contributed by atoms with Crippen molar-refractivity contribution in [3.63, 3.8) is 0 Å². The molecule has 1 N–H and O–H groups in total. The van der Waals surface area contributed by atoms with Gasteiger partial charge >= 0.3 is 255 Å². The second-order valence-corrected chi connectivity index (χ2v) is 13.9. The molecule has 2 aromatic carbocycles. The molecule has 1 aromatic heterocycles. The average Bonchev–Trinajstić information content (AvgIpc) is 3.27. The van der Waals surface area contributed by atoms with Crippen molar-refractivity contribution in [3.8, 4) is 5.75 Å². The Bertz CT molecular complexity index is 1870. The standard InChI is InChI=1S/C31H26F2IN4O7/c1-15-13-22(45-31(15)41)44-28-21(39)7-8-38-26(28)30(40)37-10-12-43-27(29(37)35-38)16-3-2-4-19-25(16)34-18-6-5-17(32)24(33)23(18)20-14-42-11-9-36(19)20/h2-8,13,20,22,27,29,35H,9-12,14H2,1H3/q-1/t20?,22?,27?,29-/m0/s1. The normalized spacial score (nSPS) is 25.3. The van der Waals surface area contributed by atoms with E-state index in [1.807, 2.05) is 18.2 Å². The summed E-state index contributed by atoms with van der Waals surface area (Å²) in [7, 11) is 0. The fraction of sp³-hybridized carbons (Fsp3) is 0.323. The molecule has 0 saturated carbocycles. The van der Waals surface area contributed by atoms with Crippen LogP contribution < -0.4 is 41.7 Å². The van der Waals surface area contributed by atoms with Gasteiger partial charge in [-0.15, -0.1) is 0 Å². The molecule has 3 unspecified atom stereocenters. The van der Waals surface area contributed by atoms with Gasteiger partial charge < -0.3 is 0 Å². The van der Waals surface area contributed by atoms with Gasteiger partial charge in [0.25, 0.3) is 0 Å². The van der Waals surface area contributed by atoms with Crippen molar-refractivity contribution in [2.75, 3.05) is 43.2 Å². The molecule has 14 heteroatoms. The molecular weight excluding hydrogens is 705 g/mol. The third kappa shape index (κ3) is 4.52. The van der Waals surface area contributed by atoms with Gasteiger partial charge in [0.1, 0.15) is 0 Å². The first-order valence-corrected chi connectivity index (χ1v) is 16.6. The molecule has 45 heavy (non-hydrogen) atoms. The van der Waals surface area contributed by atoms with Crippen LogP contribution in [-0.4, -0.2) is 66.8 Å². The number of benzene rings is 2. The fourth-order valence-corrected chi connectivity index (χ4v) is 9.83. The molecule has 2 fully saturated rings. The van der Waals surface area contributed by atoms with E-state index in [1.54, 1.807) is 17.9 Å². The second kappa shape index (κ2) is 10.8. The number of anilines is 1. The number of rotatable bonds is 3. The summed E-state index contributed by atoms with van der Waals surface area (Å²) in [5.74, 6) is -2.97. The third-order valence-corrected chi connectivity index (χ3v) is 11.8. The molecule has 8 rings (SSSR count). The minimum Gasteiger partial charge on any atom is -0.246 e. The van der Waals surface area contributed by atoms with Crippen molar-refractivity contribution < 1.29 is 58.5 Å². The quantitative estimate of drug-likeness (QED) is 0.216. The van der Waals surface area contributed by atoms with Crippen LogP contribution in [-0.2, 0) is 19.0 Å². The number of esters is 1. The van der Waals surface area contributed by atoms with Gasteiger partial charge in [-0.2, -0.15) is 0 Å². The Hall–Kier alpha value is -4.02. The smallest absolute Gasteiger partial charge is 0.246 e. The number of nitrogens with one attached hydrogen (secondary N) is 1. The zero-order valence-corrected chi connectivity index (χ0v) is 26.0. The van der Waals surface area contributed by atoms with Crippen LogP contribution >= 0.6 is 0 Å². The number of nitrogens with zero attached hydrogens (tertiary/aromatic N) is 3. The Morgan fingerprint density at radius 3 is 2.71 bits per heavy atom. The number of morpholine rings is 2. The number of halogens is 3. The van der Waals surface area contributed by atoms with Crippen LogP contribution in [0, 0.1) is 18.8 Å². The number of carbonyl (C=O) groups excluding carboxylic acids is 2. The van der Waals surface area contributed by atoms with Gasteiger partial charge in [0.15, 0.2) is 0 Å². The third-order valence-electron chi connectivity index (χ3n) is 8.57. The van der Waals surface area contributed by atoms with E-state index in [1.165, 1.54) is 29.1 Å². The maximum atomic E-state index is 15.4. The summed E-state index contributed by atoms with van der Waals surface area (Å²) in [6.07, 6.45) is 0.486. The zero-order valence-electron chi connectivity index (χ0n) is 23.8. The Kier molecular flexibility index (Phi) is 6.83. The molecule has 1 amide bonds. The molecule has 0 aliphatic carbocycles. The number of fused-ring (bicyclic) bond motifs is 7. The molecule has 6 heterocycles. The first kappa shape index (κ1) is 28.5. The second-order valence-electron chi connectivity index (χ2n) is 11.1. The van der Waals surface area contributed by atoms with Gasteiger partial charge in [0.2, 0.25) is 0 Å². The summed E-state index contributed by atoms with van der Waals surface area (Å²) in [6, 6.07) is 9.51. The minimum absolute atomic E-state index is 0.0182. The Morgan fingerprint density at radius 2 is 1.89 bits per heavy atom. The first-order chi connectivity index (χ1) is 21.8. The van der Waals surface area contributed by atoms with Crippen LogP contribution in [0.15, 0.2) is 59.0 Å². The predicted molar refractivity (Wildman–Crippen MR) is 149 cm³/mol. The van der Waals surface area contributed by atoms with E-state index in [0.29, 0.717) is 24.3 Å². The number of pyridine rings is 1. The monoisotopic (exact) mass is 731 g/mol.